The predicted molar refractivity (Wildman–Crippen MR) is 119 cm³/mol. The maximum atomic E-state index is 5.57. The van der Waals surface area contributed by atoms with E-state index in [4.69, 9.17) is 8.94 Å². The second kappa shape index (κ2) is 10.0. The zero-order valence-corrected chi connectivity index (χ0v) is 18.7. The van der Waals surface area contributed by atoms with Crippen LogP contribution in [0.1, 0.15) is 11.4 Å². The van der Waals surface area contributed by atoms with E-state index in [1.807, 2.05) is 30.6 Å². The molecule has 0 radical (unpaired) electrons. The third-order valence-corrected chi connectivity index (χ3v) is 5.33. The van der Waals surface area contributed by atoms with Gasteiger partial charge < -0.3 is 19.2 Å². The molecular formula is C18H23IN6O2S. The van der Waals surface area contributed by atoms with Crippen LogP contribution in [0.3, 0.4) is 0 Å². The van der Waals surface area contributed by atoms with E-state index in [2.05, 4.69) is 30.2 Å². The van der Waals surface area contributed by atoms with Crippen molar-refractivity contribution in [1.29, 1.82) is 0 Å². The highest BCUT2D eigenvalue weighted by Gasteiger charge is 2.20. The summed E-state index contributed by atoms with van der Waals surface area (Å²) >= 11 is 1.62. The molecule has 0 saturated carbocycles. The molecule has 0 aromatic carbocycles. The minimum Gasteiger partial charge on any atom is -0.443 e. The van der Waals surface area contributed by atoms with Crippen LogP contribution in [0, 0.1) is 0 Å². The Bertz CT molecular complexity index is 857. The molecule has 0 atom stereocenters. The lowest BCUT2D eigenvalue weighted by atomic mass is 10.3. The van der Waals surface area contributed by atoms with Gasteiger partial charge in [-0.05, 0) is 11.4 Å². The summed E-state index contributed by atoms with van der Waals surface area (Å²) in [6, 6.07) is 5.91. The largest absolute Gasteiger partial charge is 0.443 e. The van der Waals surface area contributed by atoms with Crippen molar-refractivity contribution in [3.63, 3.8) is 0 Å². The molecule has 1 N–H and O–H groups in total. The van der Waals surface area contributed by atoms with Crippen LogP contribution in [0.25, 0.3) is 10.8 Å². The number of aromatic nitrogens is 2. The van der Waals surface area contributed by atoms with Crippen molar-refractivity contribution in [1.82, 2.24) is 25.3 Å². The van der Waals surface area contributed by atoms with Gasteiger partial charge in [0.15, 0.2) is 5.96 Å². The molecule has 3 aromatic heterocycles. The van der Waals surface area contributed by atoms with Crippen molar-refractivity contribution in [3.05, 3.63) is 47.5 Å². The maximum Gasteiger partial charge on any atom is 0.236 e. The van der Waals surface area contributed by atoms with Gasteiger partial charge in [0.25, 0.3) is 0 Å². The SMILES string of the molecule is CN=C(NCc1coc(-c2cccs2)n1)N1CCN(Cc2ccon2)CC1.I. The van der Waals surface area contributed by atoms with Crippen molar-refractivity contribution < 1.29 is 8.94 Å². The van der Waals surface area contributed by atoms with Crippen LogP contribution >= 0.6 is 35.3 Å². The number of oxazole rings is 1. The predicted octanol–water partition coefficient (Wildman–Crippen LogP) is 2.90. The average Bonchev–Trinajstić information content (AvgIpc) is 3.46. The fourth-order valence-corrected chi connectivity index (χ4v) is 3.72. The summed E-state index contributed by atoms with van der Waals surface area (Å²) in [6.45, 7) is 5.15. The maximum absolute atomic E-state index is 5.57. The van der Waals surface area contributed by atoms with Crippen molar-refractivity contribution >= 4 is 41.3 Å². The van der Waals surface area contributed by atoms with E-state index in [9.17, 15) is 0 Å². The number of nitrogens with one attached hydrogen (secondary N) is 1. The van der Waals surface area contributed by atoms with Gasteiger partial charge in [-0.3, -0.25) is 9.89 Å². The number of halogens is 1. The van der Waals surface area contributed by atoms with Crippen LogP contribution in [0.4, 0.5) is 0 Å². The van der Waals surface area contributed by atoms with Crippen molar-refractivity contribution in [2.24, 2.45) is 4.99 Å². The Labute approximate surface area is 184 Å². The molecule has 3 aromatic rings. The first kappa shape index (κ1) is 20.8. The highest BCUT2D eigenvalue weighted by molar-refractivity contribution is 14.0. The fourth-order valence-electron chi connectivity index (χ4n) is 3.07. The molecule has 4 heterocycles. The lowest BCUT2D eigenvalue weighted by Crippen LogP contribution is -2.52. The molecule has 1 fully saturated rings. The van der Waals surface area contributed by atoms with E-state index < -0.39 is 0 Å². The highest BCUT2D eigenvalue weighted by Crippen LogP contribution is 2.23. The van der Waals surface area contributed by atoms with Gasteiger partial charge in [-0.25, -0.2) is 4.98 Å². The topological polar surface area (TPSA) is 82.9 Å². The number of hydrogen-bond donors (Lipinski definition) is 1. The summed E-state index contributed by atoms with van der Waals surface area (Å²) < 4.78 is 10.5. The van der Waals surface area contributed by atoms with Crippen LogP contribution in [0.2, 0.25) is 0 Å². The van der Waals surface area contributed by atoms with Crippen LogP contribution in [0.15, 0.2) is 50.0 Å². The van der Waals surface area contributed by atoms with E-state index in [1.54, 1.807) is 23.9 Å². The summed E-state index contributed by atoms with van der Waals surface area (Å²) in [7, 11) is 1.81. The molecule has 150 valence electrons. The Morgan fingerprint density at radius 2 is 2.11 bits per heavy atom. The van der Waals surface area contributed by atoms with E-state index in [-0.39, 0.29) is 24.0 Å². The second-order valence-corrected chi connectivity index (χ2v) is 7.22. The van der Waals surface area contributed by atoms with Gasteiger partial charge in [0.2, 0.25) is 5.89 Å². The summed E-state index contributed by atoms with van der Waals surface area (Å²) in [4.78, 5) is 14.6. The standard InChI is InChI=1S/C18H22N6O2S.HI/c1-19-18(20-11-15-13-25-17(21-15)16-3-2-10-27-16)24-7-5-23(6-8-24)12-14-4-9-26-22-14;/h2-4,9-10,13H,5-8,11-12H2,1H3,(H,19,20);1H. The summed E-state index contributed by atoms with van der Waals surface area (Å²) in [5.41, 5.74) is 1.84. The van der Waals surface area contributed by atoms with Gasteiger partial charge in [0.05, 0.1) is 22.8 Å². The van der Waals surface area contributed by atoms with Gasteiger partial charge >= 0.3 is 0 Å². The first-order chi connectivity index (χ1) is 13.3. The number of rotatable bonds is 5. The van der Waals surface area contributed by atoms with Crippen LogP contribution in [-0.4, -0.2) is 59.1 Å². The van der Waals surface area contributed by atoms with Crippen molar-refractivity contribution in [3.8, 4) is 10.8 Å². The smallest absolute Gasteiger partial charge is 0.236 e. The third-order valence-electron chi connectivity index (χ3n) is 4.47. The zero-order valence-electron chi connectivity index (χ0n) is 15.6. The molecule has 0 unspecified atom stereocenters. The molecule has 0 amide bonds. The molecule has 1 aliphatic rings. The number of guanidine groups is 1. The summed E-state index contributed by atoms with van der Waals surface area (Å²) in [5, 5.41) is 9.38. The molecule has 28 heavy (non-hydrogen) atoms. The lowest BCUT2D eigenvalue weighted by molar-refractivity contribution is 0.169. The van der Waals surface area contributed by atoms with Crippen molar-refractivity contribution in [2.45, 2.75) is 13.1 Å². The van der Waals surface area contributed by atoms with Crippen LogP contribution in [0.5, 0.6) is 0 Å². The summed E-state index contributed by atoms with van der Waals surface area (Å²) in [5.74, 6) is 1.55. The number of piperazine rings is 1. The minimum atomic E-state index is 0. The van der Waals surface area contributed by atoms with E-state index >= 15 is 0 Å². The van der Waals surface area contributed by atoms with Crippen LogP contribution < -0.4 is 5.32 Å². The number of aliphatic imine (C=N–C) groups is 1. The Morgan fingerprint density at radius 1 is 1.25 bits per heavy atom. The molecule has 0 aliphatic carbocycles. The zero-order chi connectivity index (χ0) is 18.5. The quantitative estimate of drug-likeness (QED) is 0.319. The normalized spacial score (nSPS) is 15.5. The highest BCUT2D eigenvalue weighted by atomic mass is 127. The van der Waals surface area contributed by atoms with Gasteiger partial charge in [-0.1, -0.05) is 11.2 Å². The monoisotopic (exact) mass is 514 g/mol. The molecule has 4 rings (SSSR count). The minimum absolute atomic E-state index is 0. The van der Waals surface area contributed by atoms with E-state index in [1.165, 1.54) is 0 Å². The van der Waals surface area contributed by atoms with E-state index in [0.29, 0.717) is 12.4 Å². The Kier molecular flexibility index (Phi) is 7.45. The molecule has 0 bridgehead atoms. The Balaban J connectivity index is 0.00000225. The average molecular weight is 514 g/mol. The summed E-state index contributed by atoms with van der Waals surface area (Å²) in [6.07, 6.45) is 3.32. The molecule has 8 nitrogen and oxygen atoms in total. The third kappa shape index (κ3) is 5.11. The molecule has 10 heteroatoms. The first-order valence-corrected chi connectivity index (χ1v) is 9.75. The number of hydrogen-bond acceptors (Lipinski definition) is 7. The Hall–Kier alpha value is -1.92. The molecule has 0 spiro atoms. The Morgan fingerprint density at radius 3 is 2.79 bits per heavy atom. The number of nitrogens with zero attached hydrogens (tertiary/aromatic N) is 5. The van der Waals surface area contributed by atoms with Gasteiger partial charge in [0, 0.05) is 45.8 Å². The van der Waals surface area contributed by atoms with Crippen molar-refractivity contribution in [2.75, 3.05) is 33.2 Å². The number of thiophene rings is 1. The van der Waals surface area contributed by atoms with Crippen LogP contribution in [-0.2, 0) is 13.1 Å². The lowest BCUT2D eigenvalue weighted by Gasteiger charge is -2.36. The second-order valence-electron chi connectivity index (χ2n) is 6.28. The fraction of sp³-hybridized carbons (Fsp3) is 0.389. The van der Waals surface area contributed by atoms with Gasteiger partial charge in [0.1, 0.15) is 12.5 Å². The molecule has 1 aliphatic heterocycles. The molecule has 1 saturated heterocycles. The molecular weight excluding hydrogens is 491 g/mol. The van der Waals surface area contributed by atoms with Gasteiger partial charge in [-0.2, -0.15) is 0 Å². The van der Waals surface area contributed by atoms with E-state index in [0.717, 1.165) is 54.9 Å². The first-order valence-electron chi connectivity index (χ1n) is 8.87. The van der Waals surface area contributed by atoms with Gasteiger partial charge in [-0.15, -0.1) is 35.3 Å².